The summed E-state index contributed by atoms with van der Waals surface area (Å²) in [6, 6.07) is 11.0. The van der Waals surface area contributed by atoms with E-state index in [0.717, 1.165) is 16.9 Å². The standard InChI is InChI=1S/C33H62N/c1-32(2)27-23-20-18-16-14-12-10-8-6-5-7-9-11-13-15-17-19-21-26-30-34(3,4)31-33-28-24-22-25-29-33/h22,24-25,28-29,32H,5-21,23,26-27,30-31H2,1-4H3/q+1. The first-order valence-corrected chi connectivity index (χ1v) is 15.4. The van der Waals surface area contributed by atoms with Gasteiger partial charge in [0.25, 0.3) is 0 Å². The van der Waals surface area contributed by atoms with Crippen molar-refractivity contribution in [2.75, 3.05) is 20.6 Å². The molecule has 0 atom stereocenters. The molecule has 0 amide bonds. The van der Waals surface area contributed by atoms with E-state index in [1.165, 1.54) is 141 Å². The molecule has 1 nitrogen and oxygen atoms in total. The van der Waals surface area contributed by atoms with Crippen LogP contribution in [0.3, 0.4) is 0 Å². The topological polar surface area (TPSA) is 0 Å². The van der Waals surface area contributed by atoms with Crippen molar-refractivity contribution in [1.82, 2.24) is 0 Å². The molecular weight excluding hydrogens is 410 g/mol. The lowest BCUT2D eigenvalue weighted by atomic mass is 10.0. The highest BCUT2D eigenvalue weighted by molar-refractivity contribution is 5.13. The molecule has 0 aliphatic rings. The molecule has 0 heterocycles. The summed E-state index contributed by atoms with van der Waals surface area (Å²) in [5, 5.41) is 0. The Kier molecular flexibility index (Phi) is 19.7. The molecule has 1 aromatic rings. The molecule has 0 spiro atoms. The normalized spacial score (nSPS) is 12.0. The zero-order valence-electron chi connectivity index (χ0n) is 24.0. The van der Waals surface area contributed by atoms with Gasteiger partial charge >= 0.3 is 0 Å². The lowest BCUT2D eigenvalue weighted by molar-refractivity contribution is -0.903. The van der Waals surface area contributed by atoms with E-state index >= 15 is 0 Å². The Morgan fingerprint density at radius 2 is 0.853 bits per heavy atom. The molecule has 0 saturated heterocycles. The van der Waals surface area contributed by atoms with Gasteiger partial charge in [0.05, 0.1) is 20.6 Å². The van der Waals surface area contributed by atoms with Gasteiger partial charge in [-0.15, -0.1) is 0 Å². The predicted octanol–water partition coefficient (Wildman–Crippen LogP) is 10.7. The Morgan fingerprint density at radius 3 is 1.24 bits per heavy atom. The van der Waals surface area contributed by atoms with Gasteiger partial charge in [-0.05, 0) is 18.8 Å². The maximum absolute atomic E-state index is 2.38. The van der Waals surface area contributed by atoms with Gasteiger partial charge in [0.2, 0.25) is 0 Å². The monoisotopic (exact) mass is 472 g/mol. The maximum atomic E-state index is 2.38. The summed E-state index contributed by atoms with van der Waals surface area (Å²) in [5.74, 6) is 0.892. The molecule has 0 aliphatic heterocycles. The molecule has 198 valence electrons. The van der Waals surface area contributed by atoms with Crippen molar-refractivity contribution in [3.63, 3.8) is 0 Å². The van der Waals surface area contributed by atoms with Crippen LogP contribution < -0.4 is 0 Å². The lowest BCUT2D eigenvalue weighted by Crippen LogP contribution is -2.39. The van der Waals surface area contributed by atoms with E-state index in [4.69, 9.17) is 0 Å². The average Bonchev–Trinajstić information content (AvgIpc) is 2.80. The summed E-state index contributed by atoms with van der Waals surface area (Å²) in [5.41, 5.74) is 1.46. The highest BCUT2D eigenvalue weighted by Crippen LogP contribution is 2.16. The minimum atomic E-state index is 0.892. The Bertz CT molecular complexity index is 533. The number of hydrogen-bond donors (Lipinski definition) is 0. The summed E-state index contributed by atoms with van der Waals surface area (Å²) in [6.07, 6.45) is 29.2. The molecule has 0 N–H and O–H groups in total. The van der Waals surface area contributed by atoms with Gasteiger partial charge in [0.15, 0.2) is 0 Å². The predicted molar refractivity (Wildman–Crippen MR) is 154 cm³/mol. The van der Waals surface area contributed by atoms with Crippen LogP contribution in [0.4, 0.5) is 0 Å². The zero-order valence-corrected chi connectivity index (χ0v) is 24.0. The molecule has 0 bridgehead atoms. The van der Waals surface area contributed by atoms with E-state index < -0.39 is 0 Å². The van der Waals surface area contributed by atoms with Crippen LogP contribution in [-0.2, 0) is 6.54 Å². The van der Waals surface area contributed by atoms with Crippen molar-refractivity contribution < 1.29 is 4.48 Å². The number of benzene rings is 1. The van der Waals surface area contributed by atoms with E-state index in [-0.39, 0.29) is 0 Å². The Morgan fingerprint density at radius 1 is 0.500 bits per heavy atom. The van der Waals surface area contributed by atoms with Crippen LogP contribution in [0.1, 0.15) is 148 Å². The number of hydrogen-bond acceptors (Lipinski definition) is 0. The van der Waals surface area contributed by atoms with Gasteiger partial charge < -0.3 is 4.48 Å². The maximum Gasteiger partial charge on any atom is 0.104 e. The minimum Gasteiger partial charge on any atom is -0.325 e. The van der Waals surface area contributed by atoms with E-state index in [9.17, 15) is 0 Å². The second kappa shape index (κ2) is 21.5. The van der Waals surface area contributed by atoms with Gasteiger partial charge in [-0.2, -0.15) is 0 Å². The third kappa shape index (κ3) is 20.5. The number of rotatable bonds is 24. The van der Waals surface area contributed by atoms with Crippen molar-refractivity contribution in [3.05, 3.63) is 35.9 Å². The fraction of sp³-hybridized carbons (Fsp3) is 0.818. The van der Waals surface area contributed by atoms with E-state index in [1.54, 1.807) is 0 Å². The molecule has 1 aromatic carbocycles. The molecule has 1 heteroatoms. The van der Waals surface area contributed by atoms with Gasteiger partial charge in [0.1, 0.15) is 6.54 Å². The number of unbranched alkanes of at least 4 members (excludes halogenated alkanes) is 18. The Hall–Kier alpha value is -0.820. The molecule has 34 heavy (non-hydrogen) atoms. The van der Waals surface area contributed by atoms with Crippen LogP contribution in [0.15, 0.2) is 30.3 Å². The van der Waals surface area contributed by atoms with Crippen molar-refractivity contribution in [2.24, 2.45) is 5.92 Å². The van der Waals surface area contributed by atoms with Crippen molar-refractivity contribution in [2.45, 2.75) is 149 Å². The Balaban J connectivity index is 1.75. The second-order valence-corrected chi connectivity index (χ2v) is 12.2. The third-order valence-corrected chi connectivity index (χ3v) is 7.50. The van der Waals surface area contributed by atoms with Gasteiger partial charge in [-0.25, -0.2) is 0 Å². The third-order valence-electron chi connectivity index (χ3n) is 7.50. The minimum absolute atomic E-state index is 0.892. The molecular formula is C33H62N+. The first kappa shape index (κ1) is 31.2. The molecule has 0 saturated carbocycles. The van der Waals surface area contributed by atoms with E-state index in [0.29, 0.717) is 0 Å². The summed E-state index contributed by atoms with van der Waals surface area (Å²) in [6.45, 7) is 7.14. The molecule has 1 rings (SSSR count). The van der Waals surface area contributed by atoms with Crippen LogP contribution in [0.5, 0.6) is 0 Å². The summed E-state index contributed by atoms with van der Waals surface area (Å²) in [4.78, 5) is 0. The second-order valence-electron chi connectivity index (χ2n) is 12.2. The van der Waals surface area contributed by atoms with E-state index in [1.807, 2.05) is 0 Å². The van der Waals surface area contributed by atoms with Crippen molar-refractivity contribution >= 4 is 0 Å². The number of nitrogens with zero attached hydrogens (tertiary/aromatic N) is 1. The van der Waals surface area contributed by atoms with Gasteiger partial charge in [0, 0.05) is 5.56 Å². The van der Waals surface area contributed by atoms with Crippen LogP contribution >= 0.6 is 0 Å². The van der Waals surface area contributed by atoms with E-state index in [2.05, 4.69) is 58.3 Å². The highest BCUT2D eigenvalue weighted by Gasteiger charge is 2.14. The summed E-state index contributed by atoms with van der Waals surface area (Å²) < 4.78 is 1.11. The first-order chi connectivity index (χ1) is 16.5. The number of quaternary nitrogens is 1. The SMILES string of the molecule is CC(C)CCCCCCCCCCCCCCCCCCCCC[N+](C)(C)Cc1ccccc1. The summed E-state index contributed by atoms with van der Waals surface area (Å²) >= 11 is 0. The van der Waals surface area contributed by atoms with Gasteiger partial charge in [-0.3, -0.25) is 0 Å². The van der Waals surface area contributed by atoms with Crippen molar-refractivity contribution in [1.29, 1.82) is 0 Å². The van der Waals surface area contributed by atoms with Crippen LogP contribution in [-0.4, -0.2) is 25.1 Å². The summed E-state index contributed by atoms with van der Waals surface area (Å²) in [7, 11) is 4.76. The van der Waals surface area contributed by atoms with Crippen LogP contribution in [0.25, 0.3) is 0 Å². The van der Waals surface area contributed by atoms with Gasteiger partial charge in [-0.1, -0.05) is 160 Å². The largest absolute Gasteiger partial charge is 0.325 e. The lowest BCUT2D eigenvalue weighted by Gasteiger charge is -2.30. The first-order valence-electron chi connectivity index (χ1n) is 15.4. The fourth-order valence-electron chi connectivity index (χ4n) is 5.25. The van der Waals surface area contributed by atoms with Crippen molar-refractivity contribution in [3.8, 4) is 0 Å². The molecule has 0 fully saturated rings. The smallest absolute Gasteiger partial charge is 0.104 e. The molecule has 0 unspecified atom stereocenters. The Labute approximate surface area is 215 Å². The quantitative estimate of drug-likeness (QED) is 0.104. The van der Waals surface area contributed by atoms with Crippen LogP contribution in [0, 0.1) is 5.92 Å². The highest BCUT2D eigenvalue weighted by atomic mass is 15.3. The van der Waals surface area contributed by atoms with Crippen LogP contribution in [0.2, 0.25) is 0 Å². The molecule has 0 aromatic heterocycles. The zero-order chi connectivity index (χ0) is 24.7. The molecule has 0 radical (unpaired) electrons. The average molecular weight is 473 g/mol. The fourth-order valence-corrected chi connectivity index (χ4v) is 5.25. The molecule has 0 aliphatic carbocycles.